The minimum atomic E-state index is -0.392. The summed E-state index contributed by atoms with van der Waals surface area (Å²) >= 11 is 0. The Bertz CT molecular complexity index is 1170. The fraction of sp³-hybridized carbons (Fsp3) is 0.350. The molecule has 2 aromatic heterocycles. The van der Waals surface area contributed by atoms with E-state index in [0.29, 0.717) is 29.6 Å². The lowest BCUT2D eigenvalue weighted by Gasteiger charge is -2.33. The Morgan fingerprint density at radius 3 is 2.61 bits per heavy atom. The van der Waals surface area contributed by atoms with Gasteiger partial charge in [-0.25, -0.2) is 4.79 Å². The molecule has 1 aliphatic rings. The molecule has 28 heavy (non-hydrogen) atoms. The third kappa shape index (κ3) is 2.64. The van der Waals surface area contributed by atoms with Crippen molar-refractivity contribution in [2.75, 3.05) is 18.6 Å². The van der Waals surface area contributed by atoms with Gasteiger partial charge in [0, 0.05) is 32.4 Å². The average Bonchev–Trinajstić information content (AvgIpc) is 3.08. The molecular weight excluding hydrogens is 358 g/mol. The van der Waals surface area contributed by atoms with Crippen molar-refractivity contribution < 1.29 is 4.74 Å². The fourth-order valence-electron chi connectivity index (χ4n) is 3.77. The largest absolute Gasteiger partial charge is 0.497 e. The second kappa shape index (κ2) is 6.70. The van der Waals surface area contributed by atoms with E-state index in [-0.39, 0.29) is 12.1 Å². The van der Waals surface area contributed by atoms with Gasteiger partial charge < -0.3 is 14.2 Å². The maximum atomic E-state index is 13.1. The maximum absolute atomic E-state index is 13.1. The van der Waals surface area contributed by atoms with Gasteiger partial charge in [-0.1, -0.05) is 13.0 Å². The first kappa shape index (κ1) is 18.1. The molecule has 8 heteroatoms. The van der Waals surface area contributed by atoms with E-state index in [0.717, 1.165) is 18.0 Å². The van der Waals surface area contributed by atoms with Crippen LogP contribution < -0.4 is 20.9 Å². The zero-order chi connectivity index (χ0) is 20.0. The predicted molar refractivity (Wildman–Crippen MR) is 109 cm³/mol. The number of nitrogens with zero attached hydrogens (tertiary/aromatic N) is 5. The van der Waals surface area contributed by atoms with Gasteiger partial charge in [-0.05, 0) is 30.2 Å². The lowest BCUT2D eigenvalue weighted by atomic mass is 10.1. The highest BCUT2D eigenvalue weighted by atomic mass is 16.5. The first-order chi connectivity index (χ1) is 13.5. The van der Waals surface area contributed by atoms with Crippen LogP contribution in [-0.4, -0.2) is 32.3 Å². The third-order valence-electron chi connectivity index (χ3n) is 5.14. The summed E-state index contributed by atoms with van der Waals surface area (Å²) < 4.78 is 9.80. The van der Waals surface area contributed by atoms with E-state index in [1.807, 2.05) is 28.8 Å². The minimum absolute atomic E-state index is 0.166. The molecule has 0 saturated heterocycles. The molecule has 146 valence electrons. The van der Waals surface area contributed by atoms with Gasteiger partial charge in [0.1, 0.15) is 5.75 Å². The van der Waals surface area contributed by atoms with Crippen molar-refractivity contribution in [3.05, 3.63) is 57.8 Å². The first-order valence-electron chi connectivity index (χ1n) is 9.18. The molecule has 3 heterocycles. The van der Waals surface area contributed by atoms with Crippen LogP contribution in [0.4, 0.5) is 11.6 Å². The molecule has 0 saturated carbocycles. The quantitative estimate of drug-likeness (QED) is 0.645. The van der Waals surface area contributed by atoms with Crippen LogP contribution in [0.3, 0.4) is 0 Å². The molecule has 4 rings (SSSR count). The van der Waals surface area contributed by atoms with E-state index in [2.05, 4.69) is 18.4 Å². The smallest absolute Gasteiger partial charge is 0.332 e. The minimum Gasteiger partial charge on any atom is -0.497 e. The van der Waals surface area contributed by atoms with Crippen LogP contribution in [0.15, 0.2) is 46.5 Å². The van der Waals surface area contributed by atoms with E-state index >= 15 is 0 Å². The molecular formula is C20H23N5O3. The summed E-state index contributed by atoms with van der Waals surface area (Å²) in [5.74, 6) is 1.75. The number of allylic oxidation sites excluding steroid dienone is 1. The van der Waals surface area contributed by atoms with E-state index in [9.17, 15) is 9.59 Å². The molecule has 8 nitrogen and oxygen atoms in total. The number of anilines is 2. The zero-order valence-corrected chi connectivity index (χ0v) is 16.3. The Morgan fingerprint density at radius 2 is 1.96 bits per heavy atom. The van der Waals surface area contributed by atoms with Gasteiger partial charge in [0.15, 0.2) is 11.2 Å². The van der Waals surface area contributed by atoms with Crippen LogP contribution in [-0.2, 0) is 20.1 Å². The van der Waals surface area contributed by atoms with Gasteiger partial charge in [-0.2, -0.15) is 4.98 Å². The summed E-state index contributed by atoms with van der Waals surface area (Å²) in [6.45, 7) is 7.39. The number of methoxy groups -OCH3 is 1. The Morgan fingerprint density at radius 1 is 1.25 bits per heavy atom. The highest BCUT2D eigenvalue weighted by molar-refractivity contribution is 5.77. The average molecular weight is 381 g/mol. The van der Waals surface area contributed by atoms with Gasteiger partial charge in [-0.15, -0.1) is 6.58 Å². The molecule has 1 atom stereocenters. The molecule has 0 N–H and O–H groups in total. The highest BCUT2D eigenvalue weighted by Gasteiger charge is 2.29. The standard InChI is InChI=1S/C20H23N5O3/c1-5-10-23-18(26)16-17(22(3)20(23)27)21-19-24(11-13(2)12-25(16)19)14-6-8-15(28-4)9-7-14/h5-9,13H,1,10-12H2,2-4H3/t13-/m1/s1. The highest BCUT2D eigenvalue weighted by Crippen LogP contribution is 2.33. The van der Waals surface area contributed by atoms with Gasteiger partial charge in [-0.3, -0.25) is 13.9 Å². The topological polar surface area (TPSA) is 74.3 Å². The van der Waals surface area contributed by atoms with Crippen molar-refractivity contribution in [1.82, 2.24) is 18.7 Å². The van der Waals surface area contributed by atoms with Gasteiger partial charge >= 0.3 is 5.69 Å². The number of fused-ring (bicyclic) bond motifs is 3. The van der Waals surface area contributed by atoms with Gasteiger partial charge in [0.05, 0.1) is 7.11 Å². The van der Waals surface area contributed by atoms with Crippen molar-refractivity contribution in [3.63, 3.8) is 0 Å². The number of aromatic nitrogens is 4. The summed E-state index contributed by atoms with van der Waals surface area (Å²) in [5.41, 5.74) is 1.08. The number of hydrogen-bond acceptors (Lipinski definition) is 5. The Labute approximate surface area is 161 Å². The maximum Gasteiger partial charge on any atom is 0.332 e. The third-order valence-corrected chi connectivity index (χ3v) is 5.14. The van der Waals surface area contributed by atoms with Crippen LogP contribution in [0, 0.1) is 5.92 Å². The van der Waals surface area contributed by atoms with E-state index in [1.165, 1.54) is 9.13 Å². The number of imidazole rings is 1. The van der Waals surface area contributed by atoms with Crippen LogP contribution in [0.5, 0.6) is 5.75 Å². The molecule has 0 unspecified atom stereocenters. The zero-order valence-electron chi connectivity index (χ0n) is 16.3. The molecule has 1 aromatic carbocycles. The van der Waals surface area contributed by atoms with E-state index in [4.69, 9.17) is 9.72 Å². The molecule has 0 radical (unpaired) electrons. The summed E-state index contributed by atoms with van der Waals surface area (Å²) in [6.07, 6.45) is 1.55. The summed E-state index contributed by atoms with van der Waals surface area (Å²) in [5, 5.41) is 0. The van der Waals surface area contributed by atoms with Gasteiger partial charge in [0.25, 0.3) is 5.56 Å². The Hall–Kier alpha value is -3.29. The molecule has 0 bridgehead atoms. The second-order valence-corrected chi connectivity index (χ2v) is 7.15. The molecule has 0 spiro atoms. The van der Waals surface area contributed by atoms with Crippen molar-refractivity contribution >= 4 is 22.8 Å². The van der Waals surface area contributed by atoms with Crippen molar-refractivity contribution in [1.29, 1.82) is 0 Å². The van der Waals surface area contributed by atoms with Crippen molar-refractivity contribution in [2.24, 2.45) is 13.0 Å². The number of benzene rings is 1. The van der Waals surface area contributed by atoms with Crippen LogP contribution in [0.25, 0.3) is 11.2 Å². The van der Waals surface area contributed by atoms with Crippen molar-refractivity contribution in [3.8, 4) is 5.75 Å². The Kier molecular flexibility index (Phi) is 4.33. The van der Waals surface area contributed by atoms with Crippen LogP contribution in [0.1, 0.15) is 6.92 Å². The van der Waals surface area contributed by atoms with E-state index in [1.54, 1.807) is 20.2 Å². The monoisotopic (exact) mass is 381 g/mol. The second-order valence-electron chi connectivity index (χ2n) is 7.15. The molecule has 0 amide bonds. The van der Waals surface area contributed by atoms with E-state index < -0.39 is 5.69 Å². The Balaban J connectivity index is 1.97. The molecule has 0 fully saturated rings. The van der Waals surface area contributed by atoms with Crippen molar-refractivity contribution in [2.45, 2.75) is 20.0 Å². The summed E-state index contributed by atoms with van der Waals surface area (Å²) in [6, 6.07) is 7.73. The lowest BCUT2D eigenvalue weighted by Crippen LogP contribution is -2.40. The fourth-order valence-corrected chi connectivity index (χ4v) is 3.77. The number of aryl methyl sites for hydroxylation is 1. The molecule has 3 aromatic rings. The normalized spacial score (nSPS) is 16.2. The van der Waals surface area contributed by atoms with Crippen LogP contribution in [0.2, 0.25) is 0 Å². The van der Waals surface area contributed by atoms with Gasteiger partial charge in [0.2, 0.25) is 5.95 Å². The lowest BCUT2D eigenvalue weighted by molar-refractivity contribution is 0.414. The predicted octanol–water partition coefficient (Wildman–Crippen LogP) is 1.88. The molecule has 1 aliphatic heterocycles. The number of ether oxygens (including phenoxy) is 1. The SMILES string of the molecule is C=CCn1c(=O)c2c(nc3n2C[C@H](C)CN3c2ccc(OC)cc2)n(C)c1=O. The summed E-state index contributed by atoms with van der Waals surface area (Å²) in [7, 11) is 3.27. The molecule has 0 aliphatic carbocycles. The van der Waals surface area contributed by atoms with Crippen LogP contribution >= 0.6 is 0 Å². The number of hydrogen-bond donors (Lipinski definition) is 0. The summed E-state index contributed by atoms with van der Waals surface area (Å²) in [4.78, 5) is 32.4. The number of rotatable bonds is 4. The first-order valence-corrected chi connectivity index (χ1v) is 9.18.